The number of ether oxygens (including phenoxy) is 1. The number of hydrogen-bond donors (Lipinski definition) is 0. The molecule has 0 spiro atoms. The van der Waals surface area contributed by atoms with Gasteiger partial charge in [0.05, 0.1) is 17.1 Å². The Kier molecular flexibility index (Phi) is 5.83. The predicted molar refractivity (Wildman–Crippen MR) is 152 cm³/mol. The van der Waals surface area contributed by atoms with Gasteiger partial charge in [-0.05, 0) is 70.8 Å². The molecular weight excluding hydrogens is 480 g/mol. The first-order valence-electron chi connectivity index (χ1n) is 12.7. The number of rotatable bonds is 4. The lowest BCUT2D eigenvalue weighted by molar-refractivity contribution is 0.483. The van der Waals surface area contributed by atoms with Crippen molar-refractivity contribution in [3.63, 3.8) is 0 Å². The van der Waals surface area contributed by atoms with E-state index < -0.39 is 0 Å². The van der Waals surface area contributed by atoms with Crippen LogP contribution in [0.4, 0.5) is 17.1 Å². The number of para-hydroxylation sites is 4. The summed E-state index contributed by atoms with van der Waals surface area (Å²) in [6, 6.07) is 40.2. The Bertz CT molecular complexity index is 1710. The first-order valence-corrected chi connectivity index (χ1v) is 12.7. The van der Waals surface area contributed by atoms with E-state index in [1.54, 1.807) is 12.1 Å². The number of hydrogen-bond acceptors (Lipinski definition) is 5. The van der Waals surface area contributed by atoms with Crippen molar-refractivity contribution in [1.82, 2.24) is 4.98 Å². The fraction of sp³-hybridized carbons (Fsp3) is 0.0882. The van der Waals surface area contributed by atoms with E-state index in [1.165, 1.54) is 11.1 Å². The topological polar surface area (TPSA) is 72.9 Å². The van der Waals surface area contributed by atoms with Gasteiger partial charge in [-0.2, -0.15) is 10.5 Å². The lowest BCUT2D eigenvalue weighted by Crippen LogP contribution is -2.30. The molecule has 0 atom stereocenters. The summed E-state index contributed by atoms with van der Waals surface area (Å²) in [6.07, 6.45) is 0. The fourth-order valence-electron chi connectivity index (χ4n) is 5.31. The van der Waals surface area contributed by atoms with Crippen molar-refractivity contribution in [3.05, 3.63) is 132 Å². The molecule has 5 nitrogen and oxygen atoms in total. The van der Waals surface area contributed by atoms with Gasteiger partial charge in [0.25, 0.3) is 0 Å². The van der Waals surface area contributed by atoms with Gasteiger partial charge in [0.2, 0.25) is 0 Å². The van der Waals surface area contributed by atoms with E-state index in [0.717, 1.165) is 33.9 Å². The average Bonchev–Trinajstić information content (AvgIpc) is 2.98. The van der Waals surface area contributed by atoms with E-state index in [2.05, 4.69) is 78.3 Å². The fourth-order valence-corrected chi connectivity index (χ4v) is 5.31. The molecule has 5 heteroatoms. The molecule has 0 saturated heterocycles. The quantitative estimate of drug-likeness (QED) is 0.246. The summed E-state index contributed by atoms with van der Waals surface area (Å²) in [6.45, 7) is 4.54. The number of pyridine rings is 1. The Hall–Kier alpha value is -5.39. The molecule has 0 aliphatic carbocycles. The minimum atomic E-state index is -0.140. The highest BCUT2D eigenvalue weighted by Gasteiger charge is 2.37. The maximum atomic E-state index is 9.28. The number of aromatic nitrogens is 1. The smallest absolute Gasteiger partial charge is 0.151 e. The van der Waals surface area contributed by atoms with Crippen molar-refractivity contribution >= 4 is 17.1 Å². The van der Waals surface area contributed by atoms with Gasteiger partial charge in [-0.1, -0.05) is 74.5 Å². The van der Waals surface area contributed by atoms with Crippen LogP contribution < -0.4 is 9.64 Å². The largest absolute Gasteiger partial charge is 0.455 e. The van der Waals surface area contributed by atoms with Gasteiger partial charge in [0, 0.05) is 5.41 Å². The molecule has 1 aliphatic rings. The van der Waals surface area contributed by atoms with Gasteiger partial charge in [-0.25, -0.2) is 4.98 Å². The van der Waals surface area contributed by atoms with Crippen LogP contribution in [0, 0.1) is 22.7 Å². The Morgan fingerprint density at radius 3 is 1.72 bits per heavy atom. The molecule has 0 fully saturated rings. The molecule has 39 heavy (non-hydrogen) atoms. The molecule has 186 valence electrons. The summed E-state index contributed by atoms with van der Waals surface area (Å²) in [4.78, 5) is 6.29. The van der Waals surface area contributed by atoms with E-state index in [0.29, 0.717) is 5.75 Å². The normalized spacial score (nSPS) is 13.0. The van der Waals surface area contributed by atoms with Crippen molar-refractivity contribution < 1.29 is 4.74 Å². The van der Waals surface area contributed by atoms with Crippen LogP contribution in [0.3, 0.4) is 0 Å². The van der Waals surface area contributed by atoms with E-state index in [1.807, 2.05) is 54.6 Å². The van der Waals surface area contributed by atoms with E-state index in [4.69, 9.17) is 4.74 Å². The molecule has 0 N–H and O–H groups in total. The average molecular weight is 505 g/mol. The summed E-state index contributed by atoms with van der Waals surface area (Å²) >= 11 is 0. The van der Waals surface area contributed by atoms with Crippen molar-refractivity contribution in [2.24, 2.45) is 0 Å². The standard InChI is InChI=1S/C34H24N4O/c1-34(2)28-9-3-5-11-30(28)38(31-12-6-4-10-29(31)34)32-13-7-8-14-33(32)39-27-17-15-23(16-18-27)24-19-25(21-35)37-26(20-24)22-36/h3-20H,1-2H3. The molecule has 0 radical (unpaired) electrons. The third-order valence-corrected chi connectivity index (χ3v) is 7.21. The molecule has 0 saturated carbocycles. The first-order chi connectivity index (χ1) is 19.0. The van der Waals surface area contributed by atoms with Crippen molar-refractivity contribution in [2.75, 3.05) is 4.90 Å². The zero-order valence-electron chi connectivity index (χ0n) is 21.6. The maximum Gasteiger partial charge on any atom is 0.151 e. The summed E-state index contributed by atoms with van der Waals surface area (Å²) < 4.78 is 6.47. The maximum absolute atomic E-state index is 9.28. The number of benzene rings is 4. The molecule has 4 aromatic carbocycles. The van der Waals surface area contributed by atoms with Gasteiger partial charge < -0.3 is 9.64 Å². The van der Waals surface area contributed by atoms with Crippen LogP contribution in [0.15, 0.2) is 109 Å². The predicted octanol–water partition coefficient (Wildman–Crippen LogP) is 8.39. The summed E-state index contributed by atoms with van der Waals surface area (Å²) in [5, 5.41) is 18.6. The second kappa shape index (κ2) is 9.49. The SMILES string of the molecule is CC1(C)c2ccccc2N(c2ccccc2Oc2ccc(-c3cc(C#N)nc(C#N)c3)cc2)c2ccccc21. The van der Waals surface area contributed by atoms with Gasteiger partial charge in [-0.15, -0.1) is 0 Å². The minimum Gasteiger partial charge on any atom is -0.455 e. The Morgan fingerprint density at radius 1 is 0.641 bits per heavy atom. The first kappa shape index (κ1) is 24.0. The van der Waals surface area contributed by atoms with Crippen LogP contribution in [0.5, 0.6) is 11.5 Å². The summed E-state index contributed by atoms with van der Waals surface area (Å²) in [5.41, 5.74) is 7.64. The molecular formula is C34H24N4O. The minimum absolute atomic E-state index is 0.140. The van der Waals surface area contributed by atoms with E-state index in [-0.39, 0.29) is 16.8 Å². The molecule has 5 aromatic rings. The number of nitrogens with zero attached hydrogens (tertiary/aromatic N) is 4. The van der Waals surface area contributed by atoms with Gasteiger partial charge in [-0.3, -0.25) is 0 Å². The molecule has 1 aliphatic heterocycles. The highest BCUT2D eigenvalue weighted by atomic mass is 16.5. The van der Waals surface area contributed by atoms with Crippen LogP contribution in [0.1, 0.15) is 36.4 Å². The Morgan fingerprint density at radius 2 is 1.15 bits per heavy atom. The Labute approximate surface area is 227 Å². The Balaban J connectivity index is 1.39. The van der Waals surface area contributed by atoms with Gasteiger partial charge in [0.15, 0.2) is 5.75 Å². The molecule has 0 bridgehead atoms. The van der Waals surface area contributed by atoms with E-state index in [9.17, 15) is 10.5 Å². The molecule has 1 aromatic heterocycles. The molecule has 0 amide bonds. The highest BCUT2D eigenvalue weighted by Crippen LogP contribution is 2.53. The lowest BCUT2D eigenvalue weighted by atomic mass is 9.73. The van der Waals surface area contributed by atoms with Gasteiger partial charge >= 0.3 is 0 Å². The van der Waals surface area contributed by atoms with Crippen LogP contribution in [-0.4, -0.2) is 4.98 Å². The molecule has 0 unspecified atom stereocenters. The van der Waals surface area contributed by atoms with Crippen molar-refractivity contribution in [2.45, 2.75) is 19.3 Å². The number of nitriles is 2. The van der Waals surface area contributed by atoms with Crippen molar-refractivity contribution in [1.29, 1.82) is 10.5 Å². The monoisotopic (exact) mass is 504 g/mol. The number of anilines is 3. The lowest BCUT2D eigenvalue weighted by Gasteiger charge is -2.42. The third kappa shape index (κ3) is 4.17. The van der Waals surface area contributed by atoms with Crippen LogP contribution in [0.25, 0.3) is 11.1 Å². The third-order valence-electron chi connectivity index (χ3n) is 7.21. The zero-order chi connectivity index (χ0) is 27.0. The second-order valence-electron chi connectivity index (χ2n) is 9.94. The summed E-state index contributed by atoms with van der Waals surface area (Å²) in [5.74, 6) is 1.41. The number of fused-ring (bicyclic) bond motifs is 2. The van der Waals surface area contributed by atoms with Crippen LogP contribution in [-0.2, 0) is 5.41 Å². The zero-order valence-corrected chi connectivity index (χ0v) is 21.6. The summed E-state index contributed by atoms with van der Waals surface area (Å²) in [7, 11) is 0. The molecule has 2 heterocycles. The van der Waals surface area contributed by atoms with E-state index >= 15 is 0 Å². The molecule has 6 rings (SSSR count). The van der Waals surface area contributed by atoms with Crippen molar-refractivity contribution in [3.8, 4) is 34.8 Å². The highest BCUT2D eigenvalue weighted by molar-refractivity contribution is 5.88. The van der Waals surface area contributed by atoms with Crippen LogP contribution >= 0.6 is 0 Å². The van der Waals surface area contributed by atoms with Gasteiger partial charge in [0.1, 0.15) is 29.3 Å². The second-order valence-corrected chi connectivity index (χ2v) is 9.94. The van der Waals surface area contributed by atoms with Crippen LogP contribution in [0.2, 0.25) is 0 Å².